The highest BCUT2D eigenvalue weighted by Crippen LogP contribution is 2.35. The van der Waals surface area contributed by atoms with Crippen molar-refractivity contribution in [3.05, 3.63) is 113 Å². The second-order valence-electron chi connectivity index (χ2n) is 6.37. The molecule has 0 radical (unpaired) electrons. The molecule has 0 aliphatic heterocycles. The van der Waals surface area contributed by atoms with Crippen LogP contribution in [0.25, 0.3) is 6.08 Å². The second kappa shape index (κ2) is 10.8. The first-order valence-corrected chi connectivity index (χ1v) is 10.3. The van der Waals surface area contributed by atoms with Crippen molar-refractivity contribution in [1.82, 2.24) is 5.32 Å². The molecule has 3 aromatic carbocycles. The van der Waals surface area contributed by atoms with E-state index in [0.717, 1.165) is 30.0 Å². The first-order valence-electron chi connectivity index (χ1n) is 9.27. The van der Waals surface area contributed by atoms with Gasteiger partial charge in [0.15, 0.2) is 0 Å². The van der Waals surface area contributed by atoms with Crippen molar-refractivity contribution in [2.45, 2.75) is 5.25 Å². The Morgan fingerprint density at radius 3 is 1.93 bits per heavy atom. The van der Waals surface area contributed by atoms with Crippen molar-refractivity contribution < 1.29 is 8.78 Å². The first kappa shape index (κ1) is 20.3. The van der Waals surface area contributed by atoms with Crippen molar-refractivity contribution in [3.63, 3.8) is 0 Å². The van der Waals surface area contributed by atoms with Crippen LogP contribution in [0.5, 0.6) is 0 Å². The van der Waals surface area contributed by atoms with Gasteiger partial charge in [-0.05, 0) is 41.0 Å². The van der Waals surface area contributed by atoms with E-state index in [0.29, 0.717) is 0 Å². The van der Waals surface area contributed by atoms with Crippen LogP contribution in [-0.4, -0.2) is 18.8 Å². The minimum absolute atomic E-state index is 0.0443. The Morgan fingerprint density at radius 1 is 0.786 bits per heavy atom. The fourth-order valence-corrected chi connectivity index (χ4v) is 4.05. The normalized spacial score (nSPS) is 11.4. The summed E-state index contributed by atoms with van der Waals surface area (Å²) < 4.78 is 26.6. The Hall–Kier alpha value is -2.43. The van der Waals surface area contributed by atoms with Crippen molar-refractivity contribution in [2.75, 3.05) is 18.8 Å². The van der Waals surface area contributed by atoms with E-state index in [-0.39, 0.29) is 16.9 Å². The van der Waals surface area contributed by atoms with Crippen LogP contribution in [0.4, 0.5) is 8.78 Å². The maximum Gasteiger partial charge on any atom is 0.123 e. The predicted octanol–water partition coefficient (Wildman–Crippen LogP) is 6.09. The summed E-state index contributed by atoms with van der Waals surface area (Å²) in [6.45, 7) is 1.65. The van der Waals surface area contributed by atoms with Crippen molar-refractivity contribution in [1.29, 1.82) is 0 Å². The van der Waals surface area contributed by atoms with Gasteiger partial charge in [-0.3, -0.25) is 0 Å². The highest BCUT2D eigenvalue weighted by Gasteiger charge is 2.14. The molecule has 0 fully saturated rings. The van der Waals surface area contributed by atoms with Gasteiger partial charge >= 0.3 is 0 Å². The molecule has 0 bridgehead atoms. The average Bonchev–Trinajstić information content (AvgIpc) is 2.73. The maximum absolute atomic E-state index is 13.3. The molecule has 0 amide bonds. The summed E-state index contributed by atoms with van der Waals surface area (Å²) in [5.74, 6) is 0.385. The van der Waals surface area contributed by atoms with Gasteiger partial charge in [0.1, 0.15) is 11.6 Å². The summed E-state index contributed by atoms with van der Waals surface area (Å²) in [6.07, 6.45) is 4.21. The molecule has 144 valence electrons. The van der Waals surface area contributed by atoms with Gasteiger partial charge in [0.2, 0.25) is 0 Å². The molecule has 0 aliphatic carbocycles. The van der Waals surface area contributed by atoms with Crippen molar-refractivity contribution >= 4 is 17.8 Å². The zero-order valence-corrected chi connectivity index (χ0v) is 16.3. The van der Waals surface area contributed by atoms with E-state index < -0.39 is 0 Å². The number of thioether (sulfide) groups is 1. The van der Waals surface area contributed by atoms with Crippen molar-refractivity contribution in [3.8, 4) is 0 Å². The zero-order chi connectivity index (χ0) is 19.6. The van der Waals surface area contributed by atoms with Gasteiger partial charge in [-0.1, -0.05) is 66.7 Å². The average molecular weight is 396 g/mol. The highest BCUT2D eigenvalue weighted by molar-refractivity contribution is 7.99. The summed E-state index contributed by atoms with van der Waals surface area (Å²) >= 11 is 1.76. The minimum atomic E-state index is -0.251. The van der Waals surface area contributed by atoms with E-state index in [1.54, 1.807) is 36.0 Å². The lowest BCUT2D eigenvalue weighted by atomic mass is 10.0. The maximum atomic E-state index is 13.3. The van der Waals surface area contributed by atoms with E-state index in [2.05, 4.69) is 29.6 Å². The fourth-order valence-electron chi connectivity index (χ4n) is 2.85. The van der Waals surface area contributed by atoms with Crippen LogP contribution < -0.4 is 5.32 Å². The summed E-state index contributed by atoms with van der Waals surface area (Å²) in [4.78, 5) is 0. The molecule has 4 heteroatoms. The number of benzene rings is 3. The van der Waals surface area contributed by atoms with Crippen LogP contribution in [0.2, 0.25) is 0 Å². The smallest absolute Gasteiger partial charge is 0.123 e. The van der Waals surface area contributed by atoms with Crippen LogP contribution in [0, 0.1) is 11.6 Å². The molecule has 3 aromatic rings. The Morgan fingerprint density at radius 2 is 1.36 bits per heavy atom. The molecule has 0 unspecified atom stereocenters. The van der Waals surface area contributed by atoms with Gasteiger partial charge in [-0.25, -0.2) is 8.78 Å². The lowest BCUT2D eigenvalue weighted by molar-refractivity contribution is 0.626. The summed E-state index contributed by atoms with van der Waals surface area (Å²) in [5, 5.41) is 3.45. The standard InChI is InChI=1S/C24H23F2NS/c25-22-12-8-20(9-13-22)24(21-10-14-23(26)15-11-21)28-18-17-27-16-4-7-19-5-2-1-3-6-19/h1-15,24,27H,16-18H2/b7-4+. The van der Waals surface area contributed by atoms with Crippen LogP contribution in [0.3, 0.4) is 0 Å². The quantitative estimate of drug-likeness (QED) is 0.440. The molecule has 0 heterocycles. The third-order valence-corrected chi connectivity index (χ3v) is 5.60. The molecule has 28 heavy (non-hydrogen) atoms. The summed E-state index contributed by atoms with van der Waals surface area (Å²) in [5.41, 5.74) is 3.22. The molecule has 1 nitrogen and oxygen atoms in total. The van der Waals surface area contributed by atoms with E-state index in [9.17, 15) is 8.78 Å². The third kappa shape index (κ3) is 6.32. The van der Waals surface area contributed by atoms with E-state index in [4.69, 9.17) is 0 Å². The van der Waals surface area contributed by atoms with Gasteiger partial charge in [0.05, 0.1) is 5.25 Å². The van der Waals surface area contributed by atoms with E-state index >= 15 is 0 Å². The number of nitrogens with one attached hydrogen (secondary N) is 1. The monoisotopic (exact) mass is 395 g/mol. The Balaban J connectivity index is 1.52. The van der Waals surface area contributed by atoms with Crippen LogP contribution in [-0.2, 0) is 0 Å². The zero-order valence-electron chi connectivity index (χ0n) is 15.5. The van der Waals surface area contributed by atoms with Gasteiger partial charge in [0.25, 0.3) is 0 Å². The number of rotatable bonds is 9. The lowest BCUT2D eigenvalue weighted by Crippen LogP contribution is -2.17. The molecule has 0 spiro atoms. The molecule has 3 rings (SSSR count). The minimum Gasteiger partial charge on any atom is -0.312 e. The van der Waals surface area contributed by atoms with E-state index in [1.165, 1.54) is 29.8 Å². The van der Waals surface area contributed by atoms with Crippen molar-refractivity contribution in [2.24, 2.45) is 0 Å². The Kier molecular flexibility index (Phi) is 7.82. The molecular weight excluding hydrogens is 372 g/mol. The fraction of sp³-hybridized carbons (Fsp3) is 0.167. The molecule has 0 saturated carbocycles. The molecule has 1 N–H and O–H groups in total. The number of hydrogen-bond donors (Lipinski definition) is 1. The lowest BCUT2D eigenvalue weighted by Gasteiger charge is -2.18. The summed E-state index contributed by atoms with van der Waals surface area (Å²) in [6, 6.07) is 23.3. The largest absolute Gasteiger partial charge is 0.312 e. The molecule has 0 aliphatic rings. The highest BCUT2D eigenvalue weighted by atomic mass is 32.2. The first-order chi connectivity index (χ1) is 13.7. The van der Waals surface area contributed by atoms with Gasteiger partial charge < -0.3 is 5.32 Å². The number of hydrogen-bond acceptors (Lipinski definition) is 2. The molecular formula is C24H23F2NS. The third-order valence-electron chi connectivity index (χ3n) is 4.28. The van der Waals surface area contributed by atoms with E-state index in [1.807, 2.05) is 18.2 Å². The SMILES string of the molecule is Fc1ccc(C(SCCNC/C=C/c2ccccc2)c2ccc(F)cc2)cc1. The second-order valence-corrected chi connectivity index (χ2v) is 7.58. The van der Waals surface area contributed by atoms with Gasteiger partial charge in [-0.2, -0.15) is 0 Å². The van der Waals surface area contributed by atoms with Gasteiger partial charge in [-0.15, -0.1) is 11.8 Å². The number of halogens is 2. The predicted molar refractivity (Wildman–Crippen MR) is 115 cm³/mol. The van der Waals surface area contributed by atoms with Gasteiger partial charge in [0, 0.05) is 18.8 Å². The topological polar surface area (TPSA) is 12.0 Å². The van der Waals surface area contributed by atoms with Crippen LogP contribution in [0.15, 0.2) is 84.9 Å². The molecule has 0 atom stereocenters. The van der Waals surface area contributed by atoms with Crippen LogP contribution in [0.1, 0.15) is 21.9 Å². The Bertz CT molecular complexity index is 816. The van der Waals surface area contributed by atoms with Crippen LogP contribution >= 0.6 is 11.8 Å². The summed E-state index contributed by atoms with van der Waals surface area (Å²) in [7, 11) is 0. The Labute approximate surface area is 169 Å². The molecule has 0 saturated heterocycles. The molecule has 0 aromatic heterocycles.